The molecule has 1 rings (SSSR count). The van der Waals surface area contributed by atoms with Crippen molar-refractivity contribution >= 4 is 10.0 Å². The van der Waals surface area contributed by atoms with Crippen molar-refractivity contribution in [3.8, 4) is 0 Å². The lowest BCUT2D eigenvalue weighted by Gasteiger charge is -2.13. The molecule has 0 aliphatic carbocycles. The first kappa shape index (κ1) is 12.9. The monoisotopic (exact) mass is 236 g/mol. The number of methoxy groups -OCH3 is 1. The third-order valence-corrected chi connectivity index (χ3v) is 4.13. The van der Waals surface area contributed by atoms with Gasteiger partial charge in [-0.2, -0.15) is 0 Å². The van der Waals surface area contributed by atoms with Crippen molar-refractivity contribution in [2.45, 2.75) is 19.4 Å². The van der Waals surface area contributed by atoms with E-state index in [0.717, 1.165) is 19.5 Å². The maximum atomic E-state index is 11.5. The number of hydrogen-bond donors (Lipinski definition) is 2. The minimum absolute atomic E-state index is 0.0314. The van der Waals surface area contributed by atoms with Crippen LogP contribution in [0.2, 0.25) is 0 Å². The van der Waals surface area contributed by atoms with E-state index < -0.39 is 10.0 Å². The Morgan fingerprint density at radius 2 is 2.33 bits per heavy atom. The molecule has 1 fully saturated rings. The number of hydrogen-bond acceptors (Lipinski definition) is 4. The third-order valence-electron chi connectivity index (χ3n) is 2.61. The highest BCUT2D eigenvalue weighted by molar-refractivity contribution is 7.89. The largest absolute Gasteiger partial charge is 0.381 e. The Hall–Kier alpha value is -0.170. The highest BCUT2D eigenvalue weighted by Crippen LogP contribution is 2.06. The zero-order chi connectivity index (χ0) is 11.3. The number of ether oxygens (including phenoxy) is 1. The van der Waals surface area contributed by atoms with Crippen LogP contribution in [0.15, 0.2) is 0 Å². The second kappa shape index (κ2) is 5.79. The molecule has 15 heavy (non-hydrogen) atoms. The summed E-state index contributed by atoms with van der Waals surface area (Å²) >= 11 is 0. The van der Waals surface area contributed by atoms with Gasteiger partial charge in [0.1, 0.15) is 0 Å². The van der Waals surface area contributed by atoms with Crippen LogP contribution in [0.5, 0.6) is 0 Å². The maximum Gasteiger partial charge on any atom is 0.214 e. The molecular weight excluding hydrogens is 216 g/mol. The maximum absolute atomic E-state index is 11.5. The lowest BCUT2D eigenvalue weighted by Crippen LogP contribution is -2.35. The molecule has 2 atom stereocenters. The summed E-state index contributed by atoms with van der Waals surface area (Å²) in [5.74, 6) is 0.460. The lowest BCUT2D eigenvalue weighted by atomic mass is 10.1. The van der Waals surface area contributed by atoms with E-state index in [1.54, 1.807) is 6.92 Å². The van der Waals surface area contributed by atoms with Gasteiger partial charge in [-0.15, -0.1) is 0 Å². The first-order chi connectivity index (χ1) is 7.03. The molecule has 0 amide bonds. The smallest absolute Gasteiger partial charge is 0.214 e. The van der Waals surface area contributed by atoms with Gasteiger partial charge in [-0.05, 0) is 32.4 Å². The fourth-order valence-electron chi connectivity index (χ4n) is 1.57. The lowest BCUT2D eigenvalue weighted by molar-refractivity contribution is 0.136. The van der Waals surface area contributed by atoms with Gasteiger partial charge < -0.3 is 10.1 Å². The summed E-state index contributed by atoms with van der Waals surface area (Å²) in [5.41, 5.74) is 0. The number of sulfonamides is 1. The van der Waals surface area contributed by atoms with Crippen LogP contribution < -0.4 is 10.0 Å². The van der Waals surface area contributed by atoms with E-state index >= 15 is 0 Å². The molecule has 1 heterocycles. The molecule has 2 N–H and O–H groups in total. The standard InChI is InChI=1S/C9H20N2O3S/c1-8(14-2)7-15(12,13)11-6-9-3-4-10-5-9/h8-11H,3-7H2,1-2H3. The molecule has 1 aliphatic heterocycles. The summed E-state index contributed by atoms with van der Waals surface area (Å²) in [5, 5.41) is 3.20. The van der Waals surface area contributed by atoms with E-state index in [2.05, 4.69) is 10.0 Å². The van der Waals surface area contributed by atoms with Crippen molar-refractivity contribution in [1.29, 1.82) is 0 Å². The Kier molecular flexibility index (Phi) is 4.98. The summed E-state index contributed by atoms with van der Waals surface area (Å²) in [6.07, 6.45) is 0.784. The molecule has 0 radical (unpaired) electrons. The topological polar surface area (TPSA) is 67.4 Å². The van der Waals surface area contributed by atoms with Crippen LogP contribution in [-0.2, 0) is 14.8 Å². The van der Waals surface area contributed by atoms with Crippen LogP contribution in [0, 0.1) is 5.92 Å². The third kappa shape index (κ3) is 4.92. The summed E-state index contributed by atoms with van der Waals surface area (Å²) in [6, 6.07) is 0. The summed E-state index contributed by atoms with van der Waals surface area (Å²) in [7, 11) is -1.67. The predicted molar refractivity (Wildman–Crippen MR) is 59.2 cm³/mol. The fraction of sp³-hybridized carbons (Fsp3) is 1.00. The first-order valence-corrected chi connectivity index (χ1v) is 6.89. The molecule has 5 nitrogen and oxygen atoms in total. The fourth-order valence-corrected chi connectivity index (χ4v) is 2.93. The van der Waals surface area contributed by atoms with Gasteiger partial charge in [-0.25, -0.2) is 13.1 Å². The van der Waals surface area contributed by atoms with Gasteiger partial charge in [0.2, 0.25) is 10.0 Å². The Labute approximate surface area is 91.6 Å². The molecule has 0 aromatic carbocycles. The van der Waals surface area contributed by atoms with Crippen molar-refractivity contribution in [1.82, 2.24) is 10.0 Å². The molecule has 1 aliphatic rings. The highest BCUT2D eigenvalue weighted by atomic mass is 32.2. The van der Waals surface area contributed by atoms with E-state index in [9.17, 15) is 8.42 Å². The van der Waals surface area contributed by atoms with E-state index in [0.29, 0.717) is 12.5 Å². The van der Waals surface area contributed by atoms with E-state index in [-0.39, 0.29) is 11.9 Å². The van der Waals surface area contributed by atoms with Gasteiger partial charge in [0, 0.05) is 13.7 Å². The Balaban J connectivity index is 2.29. The quantitative estimate of drug-likeness (QED) is 0.655. The average molecular weight is 236 g/mol. The number of nitrogens with one attached hydrogen (secondary N) is 2. The molecule has 0 bridgehead atoms. The van der Waals surface area contributed by atoms with Crippen LogP contribution in [0.1, 0.15) is 13.3 Å². The minimum Gasteiger partial charge on any atom is -0.381 e. The molecule has 90 valence electrons. The Morgan fingerprint density at radius 3 is 2.87 bits per heavy atom. The second-order valence-corrected chi connectivity index (χ2v) is 5.89. The predicted octanol–water partition coefficient (Wildman–Crippen LogP) is -0.450. The molecule has 1 saturated heterocycles. The van der Waals surface area contributed by atoms with Crippen molar-refractivity contribution in [3.05, 3.63) is 0 Å². The van der Waals surface area contributed by atoms with Gasteiger partial charge in [0.05, 0.1) is 11.9 Å². The van der Waals surface area contributed by atoms with Gasteiger partial charge in [-0.3, -0.25) is 0 Å². The van der Waals surface area contributed by atoms with Crippen LogP contribution in [0.3, 0.4) is 0 Å². The zero-order valence-corrected chi connectivity index (χ0v) is 10.1. The Morgan fingerprint density at radius 1 is 1.60 bits per heavy atom. The molecule has 0 aromatic rings. The SMILES string of the molecule is COC(C)CS(=O)(=O)NCC1CCNC1. The van der Waals surface area contributed by atoms with Crippen molar-refractivity contribution < 1.29 is 13.2 Å². The summed E-state index contributed by atoms with van der Waals surface area (Å²) < 4.78 is 30.6. The van der Waals surface area contributed by atoms with Crippen molar-refractivity contribution in [3.63, 3.8) is 0 Å². The van der Waals surface area contributed by atoms with Gasteiger partial charge in [0.15, 0.2) is 0 Å². The molecular formula is C9H20N2O3S. The molecule has 0 spiro atoms. The van der Waals surface area contributed by atoms with Crippen LogP contribution in [0.25, 0.3) is 0 Å². The van der Waals surface area contributed by atoms with E-state index in [1.807, 2.05) is 0 Å². The van der Waals surface area contributed by atoms with Crippen LogP contribution in [-0.4, -0.2) is 47.0 Å². The van der Waals surface area contributed by atoms with Gasteiger partial charge in [0.25, 0.3) is 0 Å². The van der Waals surface area contributed by atoms with Crippen LogP contribution >= 0.6 is 0 Å². The molecule has 2 unspecified atom stereocenters. The first-order valence-electron chi connectivity index (χ1n) is 5.24. The second-order valence-electron chi connectivity index (χ2n) is 4.04. The van der Waals surface area contributed by atoms with E-state index in [1.165, 1.54) is 7.11 Å². The molecule has 0 saturated carbocycles. The van der Waals surface area contributed by atoms with Crippen molar-refractivity contribution in [2.75, 3.05) is 32.5 Å². The normalized spacial score (nSPS) is 24.3. The van der Waals surface area contributed by atoms with Crippen LogP contribution in [0.4, 0.5) is 0 Å². The van der Waals surface area contributed by atoms with E-state index in [4.69, 9.17) is 4.74 Å². The highest BCUT2D eigenvalue weighted by Gasteiger charge is 2.19. The number of rotatable bonds is 6. The van der Waals surface area contributed by atoms with Gasteiger partial charge >= 0.3 is 0 Å². The molecule has 0 aromatic heterocycles. The average Bonchev–Trinajstić information content (AvgIpc) is 2.66. The van der Waals surface area contributed by atoms with Crippen molar-refractivity contribution in [2.24, 2.45) is 5.92 Å². The Bertz CT molecular complexity index is 273. The summed E-state index contributed by atoms with van der Waals surface area (Å²) in [6.45, 7) is 4.17. The molecule has 6 heteroatoms. The summed E-state index contributed by atoms with van der Waals surface area (Å²) in [4.78, 5) is 0. The van der Waals surface area contributed by atoms with Gasteiger partial charge in [-0.1, -0.05) is 0 Å². The zero-order valence-electron chi connectivity index (χ0n) is 9.32. The minimum atomic E-state index is -3.18.